The number of hydrogen-bond donors (Lipinski definition) is 3. The average molecular weight is 541 g/mol. The number of aromatic nitrogens is 3. The van der Waals surface area contributed by atoms with Crippen LogP contribution in [0.1, 0.15) is 0 Å². The van der Waals surface area contributed by atoms with Gasteiger partial charge in [-0.15, -0.1) is 0 Å². The van der Waals surface area contributed by atoms with Gasteiger partial charge in [0.25, 0.3) is 0 Å². The Kier molecular flexibility index (Phi) is 8.11. The summed E-state index contributed by atoms with van der Waals surface area (Å²) in [4.78, 5) is 25.1. The summed E-state index contributed by atoms with van der Waals surface area (Å²) >= 11 is 11.7. The van der Waals surface area contributed by atoms with Crippen LogP contribution in [0.2, 0.25) is 10.3 Å². The lowest BCUT2D eigenvalue weighted by molar-refractivity contribution is 0.262. The molecule has 0 bridgehead atoms. The van der Waals surface area contributed by atoms with Crippen molar-refractivity contribution >= 4 is 52.1 Å². The number of carbonyl (C=O) groups is 1. The number of methoxy groups -OCH3 is 3. The van der Waals surface area contributed by atoms with E-state index in [0.29, 0.717) is 45.8 Å². The van der Waals surface area contributed by atoms with Gasteiger partial charge in [0, 0.05) is 34.8 Å². The standard InChI is InChI=1S/C25H22Cl2N6O4/c1-35-19-8-16(9-20(36-2)24(19)37-3)29-23-13-28-12-18(32-23)14-4-6-15(7-5-14)30-25(34)31-17-10-21(26)33-22(27)11-17/h4-13H,1-3H3,(H,29,32)(H2,30,31,33,34). The molecule has 4 aromatic rings. The van der Waals surface area contributed by atoms with Crippen LogP contribution in [-0.4, -0.2) is 42.3 Å². The smallest absolute Gasteiger partial charge is 0.323 e. The van der Waals surface area contributed by atoms with Crippen LogP contribution in [0.15, 0.2) is 60.9 Å². The van der Waals surface area contributed by atoms with Crippen LogP contribution in [0, 0.1) is 0 Å². The first-order chi connectivity index (χ1) is 17.9. The lowest BCUT2D eigenvalue weighted by atomic mass is 10.1. The largest absolute Gasteiger partial charge is 0.493 e. The van der Waals surface area contributed by atoms with Crippen LogP contribution in [-0.2, 0) is 0 Å². The molecule has 12 heteroatoms. The van der Waals surface area contributed by atoms with Crippen molar-refractivity contribution in [3.63, 3.8) is 0 Å². The van der Waals surface area contributed by atoms with E-state index in [9.17, 15) is 4.79 Å². The fourth-order valence-corrected chi connectivity index (χ4v) is 3.88. The second-order valence-electron chi connectivity index (χ2n) is 7.49. The number of amides is 2. The fourth-order valence-electron chi connectivity index (χ4n) is 3.42. The normalized spacial score (nSPS) is 10.4. The second kappa shape index (κ2) is 11.6. The predicted molar refractivity (Wildman–Crippen MR) is 144 cm³/mol. The Labute approximate surface area is 222 Å². The quantitative estimate of drug-likeness (QED) is 0.224. The molecule has 0 aliphatic carbocycles. The summed E-state index contributed by atoms with van der Waals surface area (Å²) in [5.74, 6) is 2.03. The molecular weight excluding hydrogens is 519 g/mol. The maximum absolute atomic E-state index is 12.3. The third-order valence-corrected chi connectivity index (χ3v) is 5.42. The number of carbonyl (C=O) groups excluding carboxylic acids is 1. The van der Waals surface area contributed by atoms with Gasteiger partial charge in [0.05, 0.1) is 39.4 Å². The molecule has 3 N–H and O–H groups in total. The molecule has 2 aromatic heterocycles. The van der Waals surface area contributed by atoms with Crippen molar-refractivity contribution < 1.29 is 19.0 Å². The Balaban J connectivity index is 1.46. The number of nitrogens with one attached hydrogen (secondary N) is 3. The van der Waals surface area contributed by atoms with Crippen molar-refractivity contribution in [3.8, 4) is 28.5 Å². The topological polar surface area (TPSA) is 120 Å². The fraction of sp³-hybridized carbons (Fsp3) is 0.120. The van der Waals surface area contributed by atoms with Crippen molar-refractivity contribution in [2.24, 2.45) is 0 Å². The molecule has 4 rings (SSSR count). The molecule has 2 heterocycles. The highest BCUT2D eigenvalue weighted by Gasteiger charge is 2.14. The third-order valence-electron chi connectivity index (χ3n) is 5.03. The summed E-state index contributed by atoms with van der Waals surface area (Å²) in [5, 5.41) is 8.96. The molecule has 0 aliphatic rings. The first kappa shape index (κ1) is 25.8. The number of urea groups is 1. The monoisotopic (exact) mass is 540 g/mol. The molecule has 2 amide bonds. The number of ether oxygens (including phenoxy) is 3. The minimum atomic E-state index is -0.456. The van der Waals surface area contributed by atoms with Crippen LogP contribution in [0.25, 0.3) is 11.3 Å². The highest BCUT2D eigenvalue weighted by molar-refractivity contribution is 6.33. The first-order valence-electron chi connectivity index (χ1n) is 10.8. The summed E-state index contributed by atoms with van der Waals surface area (Å²) in [5.41, 5.74) is 3.12. The van der Waals surface area contributed by atoms with E-state index in [-0.39, 0.29) is 10.3 Å². The highest BCUT2D eigenvalue weighted by Crippen LogP contribution is 2.40. The molecular formula is C25H22Cl2N6O4. The van der Waals surface area contributed by atoms with Crippen molar-refractivity contribution in [1.29, 1.82) is 0 Å². The third kappa shape index (κ3) is 6.49. The van der Waals surface area contributed by atoms with Gasteiger partial charge in [-0.25, -0.2) is 14.8 Å². The molecule has 0 aliphatic heterocycles. The number of anilines is 4. The minimum absolute atomic E-state index is 0.176. The van der Waals surface area contributed by atoms with Crippen molar-refractivity contribution in [3.05, 3.63) is 71.2 Å². The number of pyridine rings is 1. The number of hydrogen-bond acceptors (Lipinski definition) is 8. The van der Waals surface area contributed by atoms with Gasteiger partial charge in [0.15, 0.2) is 11.5 Å². The van der Waals surface area contributed by atoms with E-state index in [1.807, 2.05) is 12.1 Å². The van der Waals surface area contributed by atoms with Crippen LogP contribution in [0.3, 0.4) is 0 Å². The van der Waals surface area contributed by atoms with Crippen molar-refractivity contribution in [2.45, 2.75) is 0 Å². The van der Waals surface area contributed by atoms with E-state index in [1.165, 1.54) is 12.1 Å². The summed E-state index contributed by atoms with van der Waals surface area (Å²) < 4.78 is 16.2. The Morgan fingerprint density at radius 2 is 1.38 bits per heavy atom. The molecule has 190 valence electrons. The van der Waals surface area contributed by atoms with Gasteiger partial charge in [0.1, 0.15) is 16.1 Å². The van der Waals surface area contributed by atoms with Gasteiger partial charge in [-0.3, -0.25) is 4.98 Å². The zero-order chi connectivity index (χ0) is 26.4. The van der Waals surface area contributed by atoms with E-state index in [0.717, 1.165) is 5.56 Å². The molecule has 0 unspecified atom stereocenters. The zero-order valence-electron chi connectivity index (χ0n) is 20.0. The van der Waals surface area contributed by atoms with Crippen LogP contribution in [0.5, 0.6) is 17.2 Å². The maximum Gasteiger partial charge on any atom is 0.323 e. The zero-order valence-corrected chi connectivity index (χ0v) is 21.5. The molecule has 10 nitrogen and oxygen atoms in total. The molecule has 0 spiro atoms. The summed E-state index contributed by atoms with van der Waals surface area (Å²) in [7, 11) is 4.64. The first-order valence-corrected chi connectivity index (χ1v) is 11.5. The van der Waals surface area contributed by atoms with E-state index in [2.05, 4.69) is 30.9 Å². The number of halogens is 2. The van der Waals surface area contributed by atoms with Crippen LogP contribution >= 0.6 is 23.2 Å². The van der Waals surface area contributed by atoms with Gasteiger partial charge >= 0.3 is 6.03 Å². The molecule has 0 saturated carbocycles. The van der Waals surface area contributed by atoms with E-state index in [1.54, 1.807) is 58.0 Å². The van der Waals surface area contributed by atoms with Gasteiger partial charge in [-0.05, 0) is 24.3 Å². The summed E-state index contributed by atoms with van der Waals surface area (Å²) in [6, 6.07) is 13.2. The van der Waals surface area contributed by atoms with Crippen molar-refractivity contribution in [2.75, 3.05) is 37.3 Å². The molecule has 0 saturated heterocycles. The Bertz CT molecular complexity index is 1370. The number of rotatable bonds is 8. The van der Waals surface area contributed by atoms with E-state index in [4.69, 9.17) is 37.4 Å². The van der Waals surface area contributed by atoms with Gasteiger partial charge < -0.3 is 30.2 Å². The second-order valence-corrected chi connectivity index (χ2v) is 8.26. The molecule has 0 radical (unpaired) electrons. The highest BCUT2D eigenvalue weighted by atomic mass is 35.5. The predicted octanol–water partition coefficient (Wildman–Crippen LogP) is 6.26. The molecule has 0 fully saturated rings. The van der Waals surface area contributed by atoms with E-state index < -0.39 is 6.03 Å². The van der Waals surface area contributed by atoms with Gasteiger partial charge in [-0.2, -0.15) is 0 Å². The average Bonchev–Trinajstić information content (AvgIpc) is 2.88. The lowest BCUT2D eigenvalue weighted by Gasteiger charge is -2.15. The van der Waals surface area contributed by atoms with Crippen LogP contribution in [0.4, 0.5) is 27.7 Å². The maximum atomic E-state index is 12.3. The minimum Gasteiger partial charge on any atom is -0.493 e. The van der Waals surface area contributed by atoms with Crippen molar-refractivity contribution in [1.82, 2.24) is 15.0 Å². The molecule has 0 atom stereocenters. The lowest BCUT2D eigenvalue weighted by Crippen LogP contribution is -2.19. The van der Waals surface area contributed by atoms with Gasteiger partial charge in [-0.1, -0.05) is 35.3 Å². The number of nitrogens with zero attached hydrogens (tertiary/aromatic N) is 3. The molecule has 37 heavy (non-hydrogen) atoms. The van der Waals surface area contributed by atoms with E-state index >= 15 is 0 Å². The van der Waals surface area contributed by atoms with Crippen LogP contribution < -0.4 is 30.2 Å². The summed E-state index contributed by atoms with van der Waals surface area (Å²) in [6.07, 6.45) is 3.25. The Morgan fingerprint density at radius 1 is 0.757 bits per heavy atom. The molecule has 2 aromatic carbocycles. The Hall–Kier alpha value is -4.28. The Morgan fingerprint density at radius 3 is 1.97 bits per heavy atom. The summed E-state index contributed by atoms with van der Waals surface area (Å²) in [6.45, 7) is 0. The SMILES string of the molecule is COc1cc(Nc2cncc(-c3ccc(NC(=O)Nc4cc(Cl)nc(Cl)c4)cc3)n2)cc(OC)c1OC. The number of benzene rings is 2. The van der Waals surface area contributed by atoms with Gasteiger partial charge in [0.2, 0.25) is 5.75 Å².